The van der Waals surface area contributed by atoms with Gasteiger partial charge in [-0.1, -0.05) is 12.1 Å². The van der Waals surface area contributed by atoms with E-state index in [1.807, 2.05) is 0 Å². The lowest BCUT2D eigenvalue weighted by atomic mass is 10.2. The van der Waals surface area contributed by atoms with Crippen LogP contribution in [0.3, 0.4) is 0 Å². The van der Waals surface area contributed by atoms with Crippen molar-refractivity contribution < 1.29 is 19.2 Å². The number of benzene rings is 1. The van der Waals surface area contributed by atoms with Gasteiger partial charge in [-0.15, -0.1) is 0 Å². The topological polar surface area (TPSA) is 86.5 Å². The van der Waals surface area contributed by atoms with Crippen LogP contribution in [0.25, 0.3) is 0 Å². The molecule has 0 unspecified atom stereocenters. The minimum absolute atomic E-state index is 0.163. The molecule has 15 heavy (non-hydrogen) atoms. The Morgan fingerprint density at radius 2 is 2.13 bits per heavy atom. The smallest absolute Gasteiger partial charge is 0.345 e. The fourth-order valence-corrected chi connectivity index (χ4v) is 0.993. The van der Waals surface area contributed by atoms with Gasteiger partial charge in [0.1, 0.15) is 12.2 Å². The number of nitro groups is 1. The summed E-state index contributed by atoms with van der Waals surface area (Å²) >= 11 is 0. The number of hydrogen-bond acceptors (Lipinski definition) is 5. The zero-order valence-corrected chi connectivity index (χ0v) is 7.58. The van der Waals surface area contributed by atoms with Gasteiger partial charge in [0.05, 0.1) is 4.92 Å². The van der Waals surface area contributed by atoms with Crippen molar-refractivity contribution in [1.82, 2.24) is 0 Å². The number of carbonyl (C=O) groups is 2. The van der Waals surface area contributed by atoms with E-state index in [1.165, 1.54) is 24.3 Å². The zero-order chi connectivity index (χ0) is 11.3. The number of ether oxygens (including phenoxy) is 1. The van der Waals surface area contributed by atoms with Gasteiger partial charge in [-0.3, -0.25) is 14.9 Å². The summed E-state index contributed by atoms with van der Waals surface area (Å²) in [6, 6.07) is 5.38. The van der Waals surface area contributed by atoms with Crippen molar-refractivity contribution in [3.63, 3.8) is 0 Å². The van der Waals surface area contributed by atoms with Crippen LogP contribution in [-0.4, -0.2) is 23.8 Å². The van der Waals surface area contributed by atoms with Crippen molar-refractivity contribution in [1.29, 1.82) is 0 Å². The minimum atomic E-state index is -0.880. The van der Waals surface area contributed by atoms with Crippen molar-refractivity contribution in [2.75, 3.05) is 6.61 Å². The quantitative estimate of drug-likeness (QED) is 0.319. The maximum atomic E-state index is 11.2. The van der Waals surface area contributed by atoms with Gasteiger partial charge in [0.15, 0.2) is 6.29 Å². The zero-order valence-electron chi connectivity index (χ0n) is 7.58. The highest BCUT2D eigenvalue weighted by atomic mass is 16.6. The summed E-state index contributed by atoms with van der Waals surface area (Å²) in [4.78, 5) is 31.0. The van der Waals surface area contributed by atoms with Crippen LogP contribution in [-0.2, 0) is 9.53 Å². The fraction of sp³-hybridized carbons (Fsp3) is 0.111. The Kier molecular flexibility index (Phi) is 3.50. The minimum Gasteiger partial charge on any atom is -0.454 e. The van der Waals surface area contributed by atoms with Crippen LogP contribution in [0.5, 0.6) is 0 Å². The summed E-state index contributed by atoms with van der Waals surface area (Å²) in [6.45, 7) is -0.412. The van der Waals surface area contributed by atoms with E-state index in [9.17, 15) is 19.7 Å². The third-order valence-electron chi connectivity index (χ3n) is 1.60. The largest absolute Gasteiger partial charge is 0.454 e. The maximum absolute atomic E-state index is 11.2. The van der Waals surface area contributed by atoms with Gasteiger partial charge in [0.2, 0.25) is 0 Å². The Balaban J connectivity index is 2.97. The standard InChI is InChI=1S/C9H7NO5/c11-5-6-15-9(12)7-3-1-2-4-8(7)10(13)14/h1-5H,6H2. The number of esters is 1. The Hall–Kier alpha value is -2.24. The normalized spacial score (nSPS) is 9.33. The van der Waals surface area contributed by atoms with Gasteiger partial charge < -0.3 is 4.74 Å². The third-order valence-corrected chi connectivity index (χ3v) is 1.60. The molecule has 0 saturated heterocycles. The number of nitrogens with zero attached hydrogens (tertiary/aromatic N) is 1. The summed E-state index contributed by atoms with van der Waals surface area (Å²) < 4.78 is 4.46. The van der Waals surface area contributed by atoms with Gasteiger partial charge in [-0.2, -0.15) is 0 Å². The molecule has 0 bridgehead atoms. The Morgan fingerprint density at radius 3 is 2.73 bits per heavy atom. The first-order valence-electron chi connectivity index (χ1n) is 4.01. The Bertz CT molecular complexity index is 401. The Labute approximate surface area is 84.6 Å². The second-order valence-corrected chi connectivity index (χ2v) is 2.54. The monoisotopic (exact) mass is 209 g/mol. The van der Waals surface area contributed by atoms with Crippen LogP contribution < -0.4 is 0 Å². The molecule has 78 valence electrons. The van der Waals surface area contributed by atoms with Crippen LogP contribution in [0.2, 0.25) is 0 Å². The molecular weight excluding hydrogens is 202 g/mol. The summed E-state index contributed by atoms with van der Waals surface area (Å²) in [5.41, 5.74) is -0.502. The molecule has 0 atom stereocenters. The number of hydrogen-bond donors (Lipinski definition) is 0. The molecule has 0 spiro atoms. The van der Waals surface area contributed by atoms with E-state index in [1.54, 1.807) is 0 Å². The summed E-state index contributed by atoms with van der Waals surface area (Å²) in [5, 5.41) is 10.5. The molecule has 0 fully saturated rings. The number of aldehydes is 1. The maximum Gasteiger partial charge on any atom is 0.345 e. The lowest BCUT2D eigenvalue weighted by Gasteiger charge is -2.01. The first kappa shape index (κ1) is 10.8. The molecule has 6 heteroatoms. The average molecular weight is 209 g/mol. The van der Waals surface area contributed by atoms with Gasteiger partial charge >= 0.3 is 5.97 Å². The van der Waals surface area contributed by atoms with Crippen LogP contribution in [0.1, 0.15) is 10.4 Å². The van der Waals surface area contributed by atoms with E-state index >= 15 is 0 Å². The van der Waals surface area contributed by atoms with Crippen molar-refractivity contribution >= 4 is 17.9 Å². The Morgan fingerprint density at radius 1 is 1.47 bits per heavy atom. The highest BCUT2D eigenvalue weighted by Crippen LogP contribution is 2.18. The third kappa shape index (κ3) is 2.60. The van der Waals surface area contributed by atoms with Gasteiger partial charge in [-0.05, 0) is 6.07 Å². The van der Waals surface area contributed by atoms with Crippen molar-refractivity contribution in [2.24, 2.45) is 0 Å². The van der Waals surface area contributed by atoms with E-state index in [-0.39, 0.29) is 11.3 Å². The SMILES string of the molecule is O=CCOC(=O)c1ccccc1[N+](=O)[O-]. The molecule has 1 aromatic rings. The summed E-state index contributed by atoms with van der Waals surface area (Å²) in [7, 11) is 0. The number of para-hydroxylation sites is 1. The lowest BCUT2D eigenvalue weighted by Crippen LogP contribution is -2.09. The second-order valence-electron chi connectivity index (χ2n) is 2.54. The van der Waals surface area contributed by atoms with E-state index < -0.39 is 17.5 Å². The highest BCUT2D eigenvalue weighted by molar-refractivity contribution is 5.94. The van der Waals surface area contributed by atoms with Crippen molar-refractivity contribution in [2.45, 2.75) is 0 Å². The highest BCUT2D eigenvalue weighted by Gasteiger charge is 2.19. The van der Waals surface area contributed by atoms with Crippen LogP contribution in [0, 0.1) is 10.1 Å². The molecule has 0 aliphatic heterocycles. The molecule has 0 aliphatic carbocycles. The van der Waals surface area contributed by atoms with Crippen LogP contribution >= 0.6 is 0 Å². The second kappa shape index (κ2) is 4.85. The molecule has 0 aliphatic rings. The van der Waals surface area contributed by atoms with E-state index in [0.717, 1.165) is 0 Å². The van der Waals surface area contributed by atoms with Crippen molar-refractivity contribution in [3.05, 3.63) is 39.9 Å². The average Bonchev–Trinajstić information content (AvgIpc) is 2.25. The molecule has 1 aromatic carbocycles. The van der Waals surface area contributed by atoms with Gasteiger partial charge in [0, 0.05) is 6.07 Å². The molecule has 0 saturated carbocycles. The summed E-state index contributed by atoms with van der Waals surface area (Å²) in [5.74, 6) is -0.880. The van der Waals surface area contributed by atoms with Crippen molar-refractivity contribution in [3.8, 4) is 0 Å². The first-order valence-corrected chi connectivity index (χ1v) is 4.01. The molecule has 0 radical (unpaired) electrons. The fourth-order valence-electron chi connectivity index (χ4n) is 0.993. The molecule has 0 heterocycles. The van der Waals surface area contributed by atoms with E-state index in [4.69, 9.17) is 0 Å². The first-order chi connectivity index (χ1) is 7.16. The van der Waals surface area contributed by atoms with Crippen LogP contribution in [0.15, 0.2) is 24.3 Å². The van der Waals surface area contributed by atoms with Gasteiger partial charge in [-0.25, -0.2) is 4.79 Å². The lowest BCUT2D eigenvalue weighted by molar-refractivity contribution is -0.385. The number of carbonyl (C=O) groups excluding carboxylic acids is 2. The molecule has 1 rings (SSSR count). The molecule has 6 nitrogen and oxygen atoms in total. The van der Waals surface area contributed by atoms with Crippen LogP contribution in [0.4, 0.5) is 5.69 Å². The number of rotatable bonds is 4. The van der Waals surface area contributed by atoms with Gasteiger partial charge in [0.25, 0.3) is 5.69 Å². The predicted molar refractivity (Wildman–Crippen MR) is 49.4 cm³/mol. The number of nitro benzene ring substituents is 1. The molecule has 0 N–H and O–H groups in total. The predicted octanol–water partition coefficient (Wildman–Crippen LogP) is 0.951. The molecular formula is C9H7NO5. The van der Waals surface area contributed by atoms with E-state index in [2.05, 4.69) is 4.74 Å². The van der Waals surface area contributed by atoms with E-state index in [0.29, 0.717) is 6.29 Å². The molecule has 0 amide bonds. The summed E-state index contributed by atoms with van der Waals surface area (Å²) in [6.07, 6.45) is 0.396. The molecule has 0 aromatic heterocycles.